The highest BCUT2D eigenvalue weighted by atomic mass is 19.1. The third-order valence-electron chi connectivity index (χ3n) is 10.7. The van der Waals surface area contributed by atoms with Crippen molar-refractivity contribution in [1.82, 2.24) is 15.2 Å². The second-order valence-electron chi connectivity index (χ2n) is 15.1. The zero-order chi connectivity index (χ0) is 31.6. The van der Waals surface area contributed by atoms with E-state index >= 15 is 0 Å². The highest BCUT2D eigenvalue weighted by molar-refractivity contribution is 6.48. The molecule has 6 atom stereocenters. The molecule has 0 radical (unpaired) electrons. The first kappa shape index (κ1) is 31.1. The highest BCUT2D eigenvalue weighted by Crippen LogP contribution is 2.65. The maximum absolute atomic E-state index is 14.1. The van der Waals surface area contributed by atoms with Crippen molar-refractivity contribution >= 4 is 40.7 Å². The van der Waals surface area contributed by atoms with Crippen LogP contribution in [0.15, 0.2) is 42.5 Å². The number of carbonyl (C=O) groups is 2. The number of amides is 2. The molecule has 7 rings (SSSR count). The van der Waals surface area contributed by atoms with Crippen molar-refractivity contribution in [3.63, 3.8) is 0 Å². The first-order chi connectivity index (χ1) is 20.8. The molecule has 2 bridgehead atoms. The summed E-state index contributed by atoms with van der Waals surface area (Å²) in [5.74, 6) is 0.426. The number of para-hydroxylation sites is 1. The Morgan fingerprint density at radius 1 is 0.977 bits per heavy atom. The van der Waals surface area contributed by atoms with Crippen molar-refractivity contribution in [1.29, 1.82) is 0 Å². The molecule has 1 aliphatic heterocycles. The maximum Gasteiger partial charge on any atom is 0.481 e. The van der Waals surface area contributed by atoms with Crippen molar-refractivity contribution in [3.05, 3.63) is 48.3 Å². The third-order valence-corrected chi connectivity index (χ3v) is 10.7. The molecule has 9 heteroatoms. The van der Waals surface area contributed by atoms with Crippen LogP contribution in [0.2, 0.25) is 0 Å². The highest BCUT2D eigenvalue weighted by Gasteiger charge is 2.68. The van der Waals surface area contributed by atoms with Crippen molar-refractivity contribution in [3.8, 4) is 0 Å². The summed E-state index contributed by atoms with van der Waals surface area (Å²) in [5, 5.41) is 7.92. The minimum atomic E-state index is -0.714. The average molecular weight is 604 g/mol. The van der Waals surface area contributed by atoms with Crippen LogP contribution in [0.3, 0.4) is 0 Å². The molecule has 2 amide bonds. The summed E-state index contributed by atoms with van der Waals surface area (Å²) in [6.45, 7) is 15.2. The smallest absolute Gasteiger partial charge is 0.404 e. The van der Waals surface area contributed by atoms with Gasteiger partial charge in [0.25, 0.3) is 0 Å². The van der Waals surface area contributed by atoms with Gasteiger partial charge in [0.2, 0.25) is 11.8 Å². The van der Waals surface area contributed by atoms with E-state index in [0.29, 0.717) is 30.6 Å². The summed E-state index contributed by atoms with van der Waals surface area (Å²) >= 11 is 0. The molecule has 1 saturated heterocycles. The van der Waals surface area contributed by atoms with Gasteiger partial charge in [-0.2, -0.15) is 0 Å². The number of fused-ring (bicyclic) bond motifs is 3. The summed E-state index contributed by atoms with van der Waals surface area (Å²) in [5.41, 5.74) is 1.49. The van der Waals surface area contributed by atoms with E-state index in [2.05, 4.69) is 45.3 Å². The number of rotatable bonds is 10. The Bertz CT molecular complexity index is 1570. The van der Waals surface area contributed by atoms with Gasteiger partial charge in [0.15, 0.2) is 0 Å². The van der Waals surface area contributed by atoms with Crippen molar-refractivity contribution in [2.24, 2.45) is 29.1 Å². The SMILES string of the molecule is CC(C)C[C@H](NC(=O)[C@H](CC(C)C)NC(=O)Cn1c2ccccc2c2cc(F)ccc21)B1O[C@@H]2C[C@@H]3C[C@@H](C3(C)C)[C@]2(C)O1. The van der Waals surface area contributed by atoms with Crippen LogP contribution in [0, 0.1) is 34.9 Å². The Balaban J connectivity index is 1.19. The van der Waals surface area contributed by atoms with Gasteiger partial charge in [-0.25, -0.2) is 4.39 Å². The van der Waals surface area contributed by atoms with Crippen LogP contribution in [0.5, 0.6) is 0 Å². The molecular formula is C35H47BFN3O4. The standard InChI is InChI=1S/C35H47BFN3O4/c1-20(2)14-26(38-32(41)19-40-27-11-9-8-10-24(27)25-18-23(37)12-13-28(25)40)33(42)39-31(15-21(3)4)36-43-30-17-22-16-29(34(22,5)6)35(30,7)44-36/h8-13,18,20-22,26,29-31H,14-17,19H2,1-7H3,(H,38,41)(H,39,42)/t22-,26-,29-,30+,31-,35-/m0/s1. The van der Waals surface area contributed by atoms with Crippen LogP contribution < -0.4 is 10.6 Å². The minimum absolute atomic E-state index is 0.0141. The van der Waals surface area contributed by atoms with Crippen LogP contribution in [0.4, 0.5) is 4.39 Å². The van der Waals surface area contributed by atoms with Crippen LogP contribution in [0.25, 0.3) is 21.8 Å². The molecule has 236 valence electrons. The summed E-state index contributed by atoms with van der Waals surface area (Å²) in [7, 11) is -0.528. The summed E-state index contributed by atoms with van der Waals surface area (Å²) in [6.07, 6.45) is 3.38. The predicted molar refractivity (Wildman–Crippen MR) is 172 cm³/mol. The Labute approximate surface area is 260 Å². The number of nitrogens with zero attached hydrogens (tertiary/aromatic N) is 1. The number of nitrogens with one attached hydrogen (secondary N) is 2. The van der Waals surface area contributed by atoms with Crippen molar-refractivity contribution in [2.45, 2.75) is 104 Å². The predicted octanol–water partition coefficient (Wildman–Crippen LogP) is 6.26. The summed E-state index contributed by atoms with van der Waals surface area (Å²) < 4.78 is 29.3. The molecule has 0 spiro atoms. The number of benzene rings is 2. The molecule has 3 saturated carbocycles. The van der Waals surface area contributed by atoms with E-state index < -0.39 is 13.2 Å². The second kappa shape index (κ2) is 11.5. The quantitative estimate of drug-likeness (QED) is 0.268. The van der Waals surface area contributed by atoms with E-state index in [4.69, 9.17) is 9.31 Å². The fourth-order valence-corrected chi connectivity index (χ4v) is 8.38. The van der Waals surface area contributed by atoms with Crippen LogP contribution in [-0.4, -0.2) is 47.2 Å². The third kappa shape index (κ3) is 5.44. The lowest BCUT2D eigenvalue weighted by Crippen LogP contribution is -2.65. The topological polar surface area (TPSA) is 81.6 Å². The molecule has 3 aromatic rings. The van der Waals surface area contributed by atoms with Gasteiger partial charge in [0.1, 0.15) is 18.4 Å². The van der Waals surface area contributed by atoms with Gasteiger partial charge in [0.05, 0.1) is 17.6 Å². The van der Waals surface area contributed by atoms with Gasteiger partial charge in [-0.3, -0.25) is 9.59 Å². The Kier molecular flexibility index (Phi) is 8.11. The normalized spacial score (nSPS) is 27.0. The fourth-order valence-electron chi connectivity index (χ4n) is 8.38. The molecule has 2 aromatic carbocycles. The number of halogens is 1. The van der Waals surface area contributed by atoms with Gasteiger partial charge >= 0.3 is 7.12 Å². The first-order valence-corrected chi connectivity index (χ1v) is 16.4. The summed E-state index contributed by atoms with van der Waals surface area (Å²) in [4.78, 5) is 27.5. The lowest BCUT2D eigenvalue weighted by atomic mass is 9.43. The van der Waals surface area contributed by atoms with E-state index in [1.165, 1.54) is 18.6 Å². The lowest BCUT2D eigenvalue weighted by Gasteiger charge is -2.64. The number of aromatic nitrogens is 1. The fraction of sp³-hybridized carbons (Fsp3) is 0.600. The zero-order valence-electron chi connectivity index (χ0n) is 27.2. The molecular weight excluding hydrogens is 556 g/mol. The molecule has 44 heavy (non-hydrogen) atoms. The van der Waals surface area contributed by atoms with E-state index in [1.54, 1.807) is 6.07 Å². The zero-order valence-corrected chi connectivity index (χ0v) is 27.2. The van der Waals surface area contributed by atoms with Gasteiger partial charge < -0.3 is 24.5 Å². The Morgan fingerprint density at radius 3 is 2.39 bits per heavy atom. The number of hydrogen-bond acceptors (Lipinski definition) is 4. The van der Waals surface area contributed by atoms with Crippen molar-refractivity contribution < 1.29 is 23.3 Å². The average Bonchev–Trinajstić information content (AvgIpc) is 3.46. The van der Waals surface area contributed by atoms with E-state index in [9.17, 15) is 14.0 Å². The lowest BCUT2D eigenvalue weighted by molar-refractivity contribution is -0.199. The van der Waals surface area contributed by atoms with Gasteiger partial charge in [-0.15, -0.1) is 0 Å². The molecule has 7 nitrogen and oxygen atoms in total. The largest absolute Gasteiger partial charge is 0.481 e. The molecule has 0 unspecified atom stereocenters. The van der Waals surface area contributed by atoms with Gasteiger partial charge in [-0.1, -0.05) is 59.7 Å². The molecule has 4 aliphatic rings. The molecule has 1 aromatic heterocycles. The molecule has 2 heterocycles. The molecule has 2 N–H and O–H groups in total. The van der Waals surface area contributed by atoms with E-state index in [0.717, 1.165) is 28.2 Å². The molecule has 4 fully saturated rings. The Morgan fingerprint density at radius 2 is 1.68 bits per heavy atom. The van der Waals surface area contributed by atoms with Gasteiger partial charge in [-0.05, 0) is 86.0 Å². The Hall–Kier alpha value is -2.91. The van der Waals surface area contributed by atoms with E-state index in [-0.39, 0.29) is 53.2 Å². The van der Waals surface area contributed by atoms with E-state index in [1.807, 2.05) is 42.7 Å². The monoisotopic (exact) mass is 603 g/mol. The number of hydrogen-bond donors (Lipinski definition) is 2. The minimum Gasteiger partial charge on any atom is -0.404 e. The van der Waals surface area contributed by atoms with Crippen molar-refractivity contribution in [2.75, 3.05) is 0 Å². The number of carbonyl (C=O) groups excluding carboxylic acids is 2. The van der Waals surface area contributed by atoms with Crippen LogP contribution in [0.1, 0.15) is 74.1 Å². The first-order valence-electron chi connectivity index (χ1n) is 16.4. The van der Waals surface area contributed by atoms with Crippen LogP contribution >= 0.6 is 0 Å². The maximum atomic E-state index is 14.1. The van der Waals surface area contributed by atoms with Gasteiger partial charge in [0, 0.05) is 21.8 Å². The second-order valence-corrected chi connectivity index (χ2v) is 15.1. The molecule has 3 aliphatic carbocycles. The summed E-state index contributed by atoms with van der Waals surface area (Å²) in [6, 6.07) is 11.6. The van der Waals surface area contributed by atoms with Crippen LogP contribution in [-0.2, 0) is 25.4 Å².